The number of H-pyrrole nitrogens is 1. The molecule has 0 saturated carbocycles. The fourth-order valence-electron chi connectivity index (χ4n) is 3.02. The van der Waals surface area contributed by atoms with Crippen molar-refractivity contribution in [3.05, 3.63) is 22.5 Å². The molecular weight excluding hydrogens is 268 g/mol. The van der Waals surface area contributed by atoms with Crippen LogP contribution in [0.4, 0.5) is 0 Å². The van der Waals surface area contributed by atoms with E-state index in [-0.39, 0.29) is 11.9 Å². The molecule has 5 heteroatoms. The highest BCUT2D eigenvalue weighted by Gasteiger charge is 2.29. The van der Waals surface area contributed by atoms with Crippen LogP contribution >= 0.6 is 0 Å². The van der Waals surface area contributed by atoms with Gasteiger partial charge in [-0.3, -0.25) is 4.79 Å². The quantitative estimate of drug-likeness (QED) is 0.871. The molecule has 1 aliphatic rings. The Kier molecular flexibility index (Phi) is 4.70. The maximum Gasteiger partial charge on any atom is 0.355 e. The third-order valence-corrected chi connectivity index (χ3v) is 4.19. The van der Waals surface area contributed by atoms with Gasteiger partial charge in [0, 0.05) is 18.3 Å². The van der Waals surface area contributed by atoms with Crippen LogP contribution in [0.2, 0.25) is 0 Å². The highest BCUT2D eigenvalue weighted by atomic mass is 16.5. The lowest BCUT2D eigenvalue weighted by Gasteiger charge is -2.33. The van der Waals surface area contributed by atoms with Crippen LogP contribution in [0.25, 0.3) is 0 Å². The highest BCUT2D eigenvalue weighted by molar-refractivity contribution is 6.01. The Labute approximate surface area is 125 Å². The summed E-state index contributed by atoms with van der Waals surface area (Å²) in [4.78, 5) is 29.6. The lowest BCUT2D eigenvalue weighted by molar-refractivity contribution is 0.0519. The molecule has 1 amide bonds. The van der Waals surface area contributed by atoms with Gasteiger partial charge in [-0.25, -0.2) is 4.79 Å². The van der Waals surface area contributed by atoms with Crippen molar-refractivity contribution >= 4 is 11.9 Å². The molecule has 2 rings (SSSR count). The number of aromatic nitrogens is 1. The van der Waals surface area contributed by atoms with Gasteiger partial charge in [0.2, 0.25) is 0 Å². The number of amides is 1. The number of aryl methyl sites for hydroxylation is 1. The summed E-state index contributed by atoms with van der Waals surface area (Å²) in [6.45, 7) is 8.60. The Bertz CT molecular complexity index is 548. The van der Waals surface area contributed by atoms with E-state index < -0.39 is 5.97 Å². The number of ether oxygens (including phenoxy) is 1. The van der Waals surface area contributed by atoms with Gasteiger partial charge in [-0.15, -0.1) is 0 Å². The molecule has 1 N–H and O–H groups in total. The van der Waals surface area contributed by atoms with E-state index in [0.717, 1.165) is 25.1 Å². The van der Waals surface area contributed by atoms with Gasteiger partial charge in [0.25, 0.3) is 5.91 Å². The van der Waals surface area contributed by atoms with E-state index in [4.69, 9.17) is 4.74 Å². The van der Waals surface area contributed by atoms with Crippen molar-refractivity contribution in [1.29, 1.82) is 0 Å². The first-order chi connectivity index (χ1) is 9.97. The number of esters is 1. The first kappa shape index (κ1) is 15.6. The van der Waals surface area contributed by atoms with Gasteiger partial charge in [0.1, 0.15) is 5.69 Å². The number of nitrogens with zero attached hydrogens (tertiary/aromatic N) is 1. The number of hydrogen-bond donors (Lipinski definition) is 1. The molecule has 1 saturated heterocycles. The van der Waals surface area contributed by atoms with E-state index in [1.54, 1.807) is 13.8 Å². The van der Waals surface area contributed by atoms with Crippen LogP contribution in [-0.4, -0.2) is 41.0 Å². The van der Waals surface area contributed by atoms with Gasteiger partial charge >= 0.3 is 5.97 Å². The summed E-state index contributed by atoms with van der Waals surface area (Å²) in [5, 5.41) is 0. The summed E-state index contributed by atoms with van der Waals surface area (Å²) in [6.07, 6.45) is 3.26. The largest absolute Gasteiger partial charge is 0.461 e. The molecule has 116 valence electrons. The summed E-state index contributed by atoms with van der Waals surface area (Å²) in [7, 11) is 0. The molecule has 1 aromatic rings. The second kappa shape index (κ2) is 6.33. The topological polar surface area (TPSA) is 62.4 Å². The zero-order valence-corrected chi connectivity index (χ0v) is 13.3. The predicted octanol–water partition coefficient (Wildman–Crippen LogP) is 2.82. The maximum absolute atomic E-state index is 12.8. The van der Waals surface area contributed by atoms with Crippen molar-refractivity contribution in [3.8, 4) is 0 Å². The van der Waals surface area contributed by atoms with Crippen LogP contribution < -0.4 is 0 Å². The van der Waals surface area contributed by atoms with Gasteiger partial charge in [0.15, 0.2) is 0 Å². The minimum Gasteiger partial charge on any atom is -0.461 e. The Balaban J connectivity index is 2.31. The second-order valence-corrected chi connectivity index (χ2v) is 5.69. The number of carbonyl (C=O) groups is 2. The summed E-state index contributed by atoms with van der Waals surface area (Å²) in [6, 6.07) is 0.256. The smallest absolute Gasteiger partial charge is 0.355 e. The third kappa shape index (κ3) is 2.96. The fraction of sp³-hybridized carbons (Fsp3) is 0.625. The summed E-state index contributed by atoms with van der Waals surface area (Å²) < 4.78 is 5.03. The number of likely N-dealkylation sites (tertiary alicyclic amines) is 1. The molecule has 0 aromatic carbocycles. The molecular formula is C16H24N2O3. The SMILES string of the molecule is CCOC(=O)c1[nH]c(C)c(C(=O)N2CCCCC2C)c1C. The number of nitrogens with one attached hydrogen (secondary N) is 1. The summed E-state index contributed by atoms with van der Waals surface area (Å²) >= 11 is 0. The summed E-state index contributed by atoms with van der Waals surface area (Å²) in [5.41, 5.74) is 2.43. The first-order valence-corrected chi connectivity index (χ1v) is 7.64. The van der Waals surface area contributed by atoms with Crippen LogP contribution in [0, 0.1) is 13.8 Å². The number of carbonyl (C=O) groups excluding carboxylic acids is 2. The van der Waals surface area contributed by atoms with Gasteiger partial charge < -0.3 is 14.6 Å². The number of aromatic amines is 1. The molecule has 0 bridgehead atoms. The third-order valence-electron chi connectivity index (χ3n) is 4.19. The molecule has 0 spiro atoms. The molecule has 0 aliphatic carbocycles. The Morgan fingerprint density at radius 3 is 2.67 bits per heavy atom. The lowest BCUT2D eigenvalue weighted by atomic mass is 10.0. The van der Waals surface area contributed by atoms with Crippen LogP contribution in [0.3, 0.4) is 0 Å². The Morgan fingerprint density at radius 1 is 1.33 bits per heavy atom. The second-order valence-electron chi connectivity index (χ2n) is 5.69. The molecule has 1 unspecified atom stereocenters. The predicted molar refractivity (Wildman–Crippen MR) is 80.6 cm³/mol. The summed E-state index contributed by atoms with van der Waals surface area (Å²) in [5.74, 6) is -0.382. The minimum atomic E-state index is -0.399. The average molecular weight is 292 g/mol. The van der Waals surface area contributed by atoms with Crippen molar-refractivity contribution in [3.63, 3.8) is 0 Å². The Hall–Kier alpha value is -1.78. The van der Waals surface area contributed by atoms with E-state index in [0.29, 0.717) is 23.4 Å². The van der Waals surface area contributed by atoms with Gasteiger partial charge in [0.05, 0.1) is 12.2 Å². The zero-order valence-electron chi connectivity index (χ0n) is 13.3. The van der Waals surface area contributed by atoms with Crippen molar-refractivity contribution in [2.75, 3.05) is 13.2 Å². The Morgan fingerprint density at radius 2 is 2.05 bits per heavy atom. The number of rotatable bonds is 3. The minimum absolute atomic E-state index is 0.0176. The first-order valence-electron chi connectivity index (χ1n) is 7.64. The maximum atomic E-state index is 12.8. The van der Waals surface area contributed by atoms with E-state index in [1.165, 1.54) is 6.42 Å². The van der Waals surface area contributed by atoms with Crippen LogP contribution in [0.5, 0.6) is 0 Å². The van der Waals surface area contributed by atoms with Crippen LogP contribution in [0.1, 0.15) is 65.2 Å². The lowest BCUT2D eigenvalue weighted by Crippen LogP contribution is -2.42. The highest BCUT2D eigenvalue weighted by Crippen LogP contribution is 2.24. The molecule has 21 heavy (non-hydrogen) atoms. The van der Waals surface area contributed by atoms with Crippen LogP contribution in [-0.2, 0) is 4.74 Å². The van der Waals surface area contributed by atoms with Gasteiger partial charge in [-0.05, 0) is 52.5 Å². The van der Waals surface area contributed by atoms with E-state index in [1.807, 2.05) is 11.8 Å². The average Bonchev–Trinajstić information content (AvgIpc) is 2.74. The molecule has 1 fully saturated rings. The van der Waals surface area contributed by atoms with Crippen LogP contribution in [0.15, 0.2) is 0 Å². The molecule has 1 aliphatic heterocycles. The van der Waals surface area contributed by atoms with E-state index in [9.17, 15) is 9.59 Å². The van der Waals surface area contributed by atoms with Gasteiger partial charge in [-0.2, -0.15) is 0 Å². The zero-order chi connectivity index (χ0) is 15.6. The standard InChI is InChI=1S/C16H24N2O3/c1-5-21-16(20)14-11(3)13(12(4)17-14)15(19)18-9-7-6-8-10(18)2/h10,17H,5-9H2,1-4H3. The molecule has 5 nitrogen and oxygen atoms in total. The molecule has 0 radical (unpaired) electrons. The fourth-order valence-corrected chi connectivity index (χ4v) is 3.02. The molecule has 1 aromatic heterocycles. The van der Waals surface area contributed by atoms with E-state index >= 15 is 0 Å². The molecule has 2 heterocycles. The normalized spacial score (nSPS) is 18.7. The molecule has 1 atom stereocenters. The van der Waals surface area contributed by atoms with Crippen molar-refractivity contribution in [2.45, 2.75) is 53.0 Å². The number of piperidine rings is 1. The number of hydrogen-bond acceptors (Lipinski definition) is 3. The van der Waals surface area contributed by atoms with E-state index in [2.05, 4.69) is 11.9 Å². The van der Waals surface area contributed by atoms with Crippen molar-refractivity contribution < 1.29 is 14.3 Å². The van der Waals surface area contributed by atoms with Crippen molar-refractivity contribution in [1.82, 2.24) is 9.88 Å². The monoisotopic (exact) mass is 292 g/mol. The van der Waals surface area contributed by atoms with Gasteiger partial charge in [-0.1, -0.05) is 0 Å². The van der Waals surface area contributed by atoms with Crippen molar-refractivity contribution in [2.24, 2.45) is 0 Å².